The maximum Gasteiger partial charge on any atom is 0.320 e. The molecule has 0 radical (unpaired) electrons. The Hall–Kier alpha value is -0.810. The van der Waals surface area contributed by atoms with Crippen molar-refractivity contribution in [1.29, 1.82) is 0 Å². The third-order valence-corrected chi connectivity index (χ3v) is 3.48. The number of ether oxygens (including phenoxy) is 2. The second-order valence-corrected chi connectivity index (χ2v) is 5.19. The van der Waals surface area contributed by atoms with Crippen molar-refractivity contribution in [3.05, 3.63) is 0 Å². The molecule has 0 aromatic rings. The lowest BCUT2D eigenvalue weighted by atomic mass is 10.4. The topological polar surface area (TPSA) is 42.0 Å². The summed E-state index contributed by atoms with van der Waals surface area (Å²) in [6, 6.07) is 0.128. The molecule has 2 amide bonds. The fourth-order valence-electron chi connectivity index (χ4n) is 2.09. The van der Waals surface area contributed by atoms with Crippen LogP contribution < -0.4 is 0 Å². The Morgan fingerprint density at radius 2 is 1.30 bits per heavy atom. The van der Waals surface area contributed by atoms with E-state index >= 15 is 0 Å². The molecule has 1 heterocycles. The zero-order valence-electron chi connectivity index (χ0n) is 13.1. The number of hydrogen-bond donors (Lipinski definition) is 0. The summed E-state index contributed by atoms with van der Waals surface area (Å²) in [6.45, 7) is 10.2. The lowest BCUT2D eigenvalue weighted by molar-refractivity contribution is 0.104. The van der Waals surface area contributed by atoms with Gasteiger partial charge in [0.2, 0.25) is 0 Å². The van der Waals surface area contributed by atoms with Crippen LogP contribution in [0.4, 0.5) is 4.79 Å². The molecule has 1 aliphatic heterocycles. The number of amides is 2. The van der Waals surface area contributed by atoms with Crippen molar-refractivity contribution < 1.29 is 14.3 Å². The minimum Gasteiger partial charge on any atom is -0.380 e. The van der Waals surface area contributed by atoms with Gasteiger partial charge in [-0.3, -0.25) is 0 Å². The molecule has 5 nitrogen and oxygen atoms in total. The number of nitrogens with zero attached hydrogens (tertiary/aromatic N) is 2. The average Bonchev–Trinajstić information content (AvgIpc) is 2.80. The van der Waals surface area contributed by atoms with Gasteiger partial charge in [-0.1, -0.05) is 26.7 Å². The third kappa shape index (κ3) is 6.57. The summed E-state index contributed by atoms with van der Waals surface area (Å²) < 4.78 is 11.0. The molecule has 1 fully saturated rings. The molecule has 5 heteroatoms. The van der Waals surface area contributed by atoms with Gasteiger partial charge in [-0.05, 0) is 12.8 Å². The molecule has 0 N–H and O–H groups in total. The van der Waals surface area contributed by atoms with E-state index in [1.165, 1.54) is 0 Å². The molecule has 0 unspecified atom stereocenters. The highest BCUT2D eigenvalue weighted by Crippen LogP contribution is 2.08. The predicted molar refractivity (Wildman–Crippen MR) is 80.0 cm³/mol. The van der Waals surface area contributed by atoms with Gasteiger partial charge in [0.15, 0.2) is 0 Å². The molecule has 20 heavy (non-hydrogen) atoms. The molecule has 1 saturated heterocycles. The molecule has 1 rings (SSSR count). The van der Waals surface area contributed by atoms with Gasteiger partial charge in [-0.15, -0.1) is 0 Å². The first-order valence-electron chi connectivity index (χ1n) is 7.99. The Morgan fingerprint density at radius 1 is 0.850 bits per heavy atom. The van der Waals surface area contributed by atoms with Crippen molar-refractivity contribution >= 4 is 6.03 Å². The van der Waals surface area contributed by atoms with Crippen LogP contribution in [0.1, 0.15) is 39.5 Å². The van der Waals surface area contributed by atoms with E-state index in [-0.39, 0.29) is 6.03 Å². The van der Waals surface area contributed by atoms with Crippen molar-refractivity contribution in [1.82, 2.24) is 9.80 Å². The monoisotopic (exact) mass is 286 g/mol. The minimum atomic E-state index is 0.128. The first-order chi connectivity index (χ1) is 9.79. The number of carbonyl (C=O) groups excluding carboxylic acids is 1. The Morgan fingerprint density at radius 3 is 1.70 bits per heavy atom. The van der Waals surface area contributed by atoms with Crippen LogP contribution in [0.2, 0.25) is 0 Å². The maximum atomic E-state index is 12.1. The minimum absolute atomic E-state index is 0.128. The lowest BCUT2D eigenvalue weighted by Gasteiger charge is -2.18. The number of urea groups is 1. The highest BCUT2D eigenvalue weighted by atomic mass is 16.5. The van der Waals surface area contributed by atoms with Gasteiger partial charge in [-0.25, -0.2) is 4.79 Å². The predicted octanol–water partition coefficient (Wildman–Crippen LogP) is 2.36. The molecule has 0 aromatic heterocycles. The van der Waals surface area contributed by atoms with Crippen LogP contribution in [0.25, 0.3) is 0 Å². The normalized spacial score (nSPS) is 15.4. The molecule has 118 valence electrons. The smallest absolute Gasteiger partial charge is 0.320 e. The summed E-state index contributed by atoms with van der Waals surface area (Å²) in [7, 11) is 0. The third-order valence-electron chi connectivity index (χ3n) is 3.48. The molecular formula is C15H30N2O3. The summed E-state index contributed by atoms with van der Waals surface area (Å²) >= 11 is 0. The fourth-order valence-corrected chi connectivity index (χ4v) is 2.09. The maximum absolute atomic E-state index is 12.1. The van der Waals surface area contributed by atoms with Crippen LogP contribution in [0.15, 0.2) is 0 Å². The number of hydrogen-bond acceptors (Lipinski definition) is 3. The van der Waals surface area contributed by atoms with E-state index in [1.807, 2.05) is 9.80 Å². The molecule has 0 aromatic carbocycles. The lowest BCUT2D eigenvalue weighted by Crippen LogP contribution is -2.35. The zero-order chi connectivity index (χ0) is 14.6. The molecule has 0 spiro atoms. The second-order valence-electron chi connectivity index (χ2n) is 5.19. The van der Waals surface area contributed by atoms with E-state index in [0.29, 0.717) is 26.3 Å². The SMILES string of the molecule is CCCCOCCN1CCN(CCOCCCC)C1=O. The van der Waals surface area contributed by atoms with E-state index in [2.05, 4.69) is 13.8 Å². The van der Waals surface area contributed by atoms with Gasteiger partial charge in [0, 0.05) is 39.4 Å². The van der Waals surface area contributed by atoms with Gasteiger partial charge < -0.3 is 19.3 Å². The zero-order valence-corrected chi connectivity index (χ0v) is 13.1. The fraction of sp³-hybridized carbons (Fsp3) is 0.933. The van der Waals surface area contributed by atoms with Gasteiger partial charge >= 0.3 is 6.03 Å². The van der Waals surface area contributed by atoms with Crippen LogP contribution in [0, 0.1) is 0 Å². The van der Waals surface area contributed by atoms with E-state index < -0.39 is 0 Å². The van der Waals surface area contributed by atoms with E-state index in [1.54, 1.807) is 0 Å². The van der Waals surface area contributed by atoms with Crippen LogP contribution in [-0.4, -0.2) is 68.4 Å². The van der Waals surface area contributed by atoms with Gasteiger partial charge in [-0.2, -0.15) is 0 Å². The first kappa shape index (κ1) is 17.2. The molecular weight excluding hydrogens is 256 g/mol. The highest BCUT2D eigenvalue weighted by molar-refractivity contribution is 5.76. The van der Waals surface area contributed by atoms with E-state index in [4.69, 9.17) is 9.47 Å². The summed E-state index contributed by atoms with van der Waals surface area (Å²) in [5, 5.41) is 0. The summed E-state index contributed by atoms with van der Waals surface area (Å²) in [6.07, 6.45) is 4.48. The highest BCUT2D eigenvalue weighted by Gasteiger charge is 2.27. The van der Waals surface area contributed by atoms with Gasteiger partial charge in [0.1, 0.15) is 0 Å². The Balaban J connectivity index is 2.06. The van der Waals surface area contributed by atoms with E-state index in [0.717, 1.165) is 52.0 Å². The second kappa shape index (κ2) is 10.9. The molecule has 0 aliphatic carbocycles. The van der Waals surface area contributed by atoms with Gasteiger partial charge in [0.25, 0.3) is 0 Å². The van der Waals surface area contributed by atoms with Crippen LogP contribution in [-0.2, 0) is 9.47 Å². The number of rotatable bonds is 12. The number of unbranched alkanes of at least 4 members (excludes halogenated alkanes) is 2. The molecule has 1 aliphatic rings. The Bertz CT molecular complexity index is 238. The van der Waals surface area contributed by atoms with Gasteiger partial charge in [0.05, 0.1) is 13.2 Å². The summed E-state index contributed by atoms with van der Waals surface area (Å²) in [5.74, 6) is 0. The Labute approximate surface area is 123 Å². The largest absolute Gasteiger partial charge is 0.380 e. The standard InChI is InChI=1S/C15H30N2O3/c1-3-5-11-19-13-9-16-7-8-17(15(16)18)10-14-20-12-6-4-2/h3-14H2,1-2H3. The summed E-state index contributed by atoms with van der Waals surface area (Å²) in [5.41, 5.74) is 0. The van der Waals surface area contributed by atoms with Crippen LogP contribution in [0.5, 0.6) is 0 Å². The van der Waals surface area contributed by atoms with Crippen molar-refractivity contribution in [2.45, 2.75) is 39.5 Å². The van der Waals surface area contributed by atoms with Crippen molar-refractivity contribution in [2.75, 3.05) is 52.6 Å². The van der Waals surface area contributed by atoms with E-state index in [9.17, 15) is 4.79 Å². The average molecular weight is 286 g/mol. The Kier molecular flexibility index (Phi) is 9.41. The quantitative estimate of drug-likeness (QED) is 0.517. The first-order valence-corrected chi connectivity index (χ1v) is 7.99. The molecule has 0 saturated carbocycles. The van der Waals surface area contributed by atoms with Crippen LogP contribution in [0.3, 0.4) is 0 Å². The molecule has 0 atom stereocenters. The summed E-state index contributed by atoms with van der Waals surface area (Å²) in [4.78, 5) is 15.8. The number of carbonyl (C=O) groups is 1. The van der Waals surface area contributed by atoms with Crippen molar-refractivity contribution in [3.8, 4) is 0 Å². The van der Waals surface area contributed by atoms with Crippen molar-refractivity contribution in [3.63, 3.8) is 0 Å². The van der Waals surface area contributed by atoms with Crippen molar-refractivity contribution in [2.24, 2.45) is 0 Å². The molecule has 0 bridgehead atoms. The van der Waals surface area contributed by atoms with Crippen LogP contribution >= 0.6 is 0 Å².